The lowest BCUT2D eigenvalue weighted by Crippen LogP contribution is -2.25. The van der Waals surface area contributed by atoms with Gasteiger partial charge < -0.3 is 9.88 Å². The van der Waals surface area contributed by atoms with Crippen LogP contribution in [0.4, 0.5) is 5.69 Å². The van der Waals surface area contributed by atoms with E-state index in [0.29, 0.717) is 36.2 Å². The number of carbonyl (C=O) groups excluding carboxylic acids is 1. The second-order valence-corrected chi connectivity index (χ2v) is 7.80. The Morgan fingerprint density at radius 2 is 2.17 bits per heavy atom. The van der Waals surface area contributed by atoms with Crippen LogP contribution in [0.25, 0.3) is 10.9 Å². The molecule has 0 radical (unpaired) electrons. The summed E-state index contributed by atoms with van der Waals surface area (Å²) in [6.45, 7) is 5.58. The number of rotatable bonds is 9. The van der Waals surface area contributed by atoms with E-state index in [0.717, 1.165) is 17.5 Å². The molecule has 0 atom stereocenters. The molecule has 29 heavy (non-hydrogen) atoms. The van der Waals surface area contributed by atoms with Gasteiger partial charge in [-0.1, -0.05) is 25.6 Å². The van der Waals surface area contributed by atoms with Crippen molar-refractivity contribution in [1.29, 1.82) is 0 Å². The van der Waals surface area contributed by atoms with Gasteiger partial charge in [-0.3, -0.25) is 20.0 Å². The van der Waals surface area contributed by atoms with Gasteiger partial charge in [0, 0.05) is 37.0 Å². The lowest BCUT2D eigenvalue weighted by Gasteiger charge is -2.11. The zero-order chi connectivity index (χ0) is 21.0. The molecule has 1 amide bonds. The van der Waals surface area contributed by atoms with Gasteiger partial charge in [0.15, 0.2) is 10.9 Å². The van der Waals surface area contributed by atoms with Crippen LogP contribution in [0.1, 0.15) is 36.6 Å². The highest BCUT2D eigenvalue weighted by Crippen LogP contribution is 2.22. The molecule has 1 aromatic carbocycles. The Balaban J connectivity index is 1.61. The van der Waals surface area contributed by atoms with E-state index in [1.54, 1.807) is 17.8 Å². The van der Waals surface area contributed by atoms with Crippen molar-refractivity contribution in [3.8, 4) is 0 Å². The average Bonchev–Trinajstić information content (AvgIpc) is 3.28. The van der Waals surface area contributed by atoms with Crippen molar-refractivity contribution >= 4 is 34.3 Å². The molecule has 11 heteroatoms. The number of amides is 1. The van der Waals surface area contributed by atoms with Crippen LogP contribution in [0.5, 0.6) is 0 Å². The Labute approximate surface area is 171 Å². The van der Waals surface area contributed by atoms with Crippen LogP contribution in [0.15, 0.2) is 23.4 Å². The minimum absolute atomic E-state index is 0.0814. The largest absolute Gasteiger partial charge is 0.351 e. The molecule has 2 heterocycles. The Morgan fingerprint density at radius 3 is 2.86 bits per heavy atom. The van der Waals surface area contributed by atoms with E-state index < -0.39 is 4.92 Å². The normalized spacial score (nSPS) is 11.3. The third-order valence-electron chi connectivity index (χ3n) is 4.36. The Bertz CT molecular complexity index is 1030. The van der Waals surface area contributed by atoms with Crippen molar-refractivity contribution in [2.75, 3.05) is 12.8 Å². The standard InChI is InChI=1S/C18H23N7O3S/c1-11(2)10-24-15(21-23-18(24)29-3)5-4-8-19-17(26)16-13-9-12(25(27)28)6-7-14(13)20-22-16/h6-7,9,11H,4-5,8,10H2,1-3H3,(H,19,26)(H,20,22). The van der Waals surface area contributed by atoms with E-state index in [2.05, 4.69) is 44.1 Å². The second-order valence-electron chi connectivity index (χ2n) is 7.03. The predicted molar refractivity (Wildman–Crippen MR) is 110 cm³/mol. The summed E-state index contributed by atoms with van der Waals surface area (Å²) in [4.78, 5) is 23.0. The monoisotopic (exact) mass is 417 g/mol. The molecule has 0 saturated carbocycles. The number of hydrogen-bond acceptors (Lipinski definition) is 7. The van der Waals surface area contributed by atoms with Gasteiger partial charge in [0.1, 0.15) is 5.82 Å². The van der Waals surface area contributed by atoms with Gasteiger partial charge in [0.05, 0.1) is 10.4 Å². The summed E-state index contributed by atoms with van der Waals surface area (Å²) in [5.41, 5.74) is 0.644. The molecular weight excluding hydrogens is 394 g/mol. The highest BCUT2D eigenvalue weighted by molar-refractivity contribution is 7.98. The number of carbonyl (C=O) groups is 1. The summed E-state index contributed by atoms with van der Waals surface area (Å²) in [5.74, 6) is 1.01. The molecule has 0 bridgehead atoms. The van der Waals surface area contributed by atoms with Crippen LogP contribution >= 0.6 is 11.8 Å². The van der Waals surface area contributed by atoms with Crippen molar-refractivity contribution in [2.45, 2.75) is 38.4 Å². The fourth-order valence-corrected chi connectivity index (χ4v) is 3.55. The van der Waals surface area contributed by atoms with Crippen LogP contribution < -0.4 is 5.32 Å². The topological polar surface area (TPSA) is 132 Å². The van der Waals surface area contributed by atoms with E-state index in [1.165, 1.54) is 12.1 Å². The molecule has 2 aromatic heterocycles. The number of thioether (sulfide) groups is 1. The van der Waals surface area contributed by atoms with Gasteiger partial charge in [-0.15, -0.1) is 10.2 Å². The zero-order valence-corrected chi connectivity index (χ0v) is 17.3. The summed E-state index contributed by atoms with van der Waals surface area (Å²) in [6, 6.07) is 4.27. The molecule has 0 fully saturated rings. The van der Waals surface area contributed by atoms with Crippen molar-refractivity contribution in [1.82, 2.24) is 30.3 Å². The molecular formula is C18H23N7O3S. The minimum atomic E-state index is -0.496. The Kier molecular flexibility index (Phi) is 6.47. The van der Waals surface area contributed by atoms with Gasteiger partial charge >= 0.3 is 0 Å². The number of nitro benzene ring substituents is 1. The molecule has 0 unspecified atom stereocenters. The molecule has 154 valence electrons. The maximum Gasteiger partial charge on any atom is 0.272 e. The first kappa shape index (κ1) is 20.8. The highest BCUT2D eigenvalue weighted by atomic mass is 32.2. The molecule has 0 spiro atoms. The van der Waals surface area contributed by atoms with Gasteiger partial charge in [-0.05, 0) is 24.7 Å². The summed E-state index contributed by atoms with van der Waals surface area (Å²) in [5, 5.41) is 30.3. The van der Waals surface area contributed by atoms with E-state index in [-0.39, 0.29) is 17.3 Å². The average molecular weight is 417 g/mol. The predicted octanol–water partition coefficient (Wildman–Crippen LogP) is 2.80. The number of nitrogens with one attached hydrogen (secondary N) is 2. The first-order valence-electron chi connectivity index (χ1n) is 9.27. The number of aromatic amines is 1. The maximum atomic E-state index is 12.5. The summed E-state index contributed by atoms with van der Waals surface area (Å²) in [6.07, 6.45) is 3.36. The van der Waals surface area contributed by atoms with Crippen LogP contribution in [0.3, 0.4) is 0 Å². The van der Waals surface area contributed by atoms with Gasteiger partial charge in [-0.2, -0.15) is 5.10 Å². The molecule has 2 N–H and O–H groups in total. The molecule has 10 nitrogen and oxygen atoms in total. The number of benzene rings is 1. The quantitative estimate of drug-likeness (QED) is 0.237. The SMILES string of the molecule is CSc1nnc(CCCNC(=O)c2n[nH]c3ccc([N+](=O)[O-])cc23)n1CC(C)C. The number of aryl methyl sites for hydroxylation is 1. The van der Waals surface area contributed by atoms with Crippen LogP contribution in [0, 0.1) is 16.0 Å². The number of hydrogen-bond donors (Lipinski definition) is 2. The number of H-pyrrole nitrogens is 1. The van der Waals surface area contributed by atoms with Gasteiger partial charge in [0.25, 0.3) is 11.6 Å². The van der Waals surface area contributed by atoms with Crippen molar-refractivity contribution in [2.24, 2.45) is 5.92 Å². The smallest absolute Gasteiger partial charge is 0.272 e. The van der Waals surface area contributed by atoms with E-state index in [1.807, 2.05) is 6.26 Å². The van der Waals surface area contributed by atoms with Crippen molar-refractivity contribution < 1.29 is 9.72 Å². The highest BCUT2D eigenvalue weighted by Gasteiger charge is 2.17. The summed E-state index contributed by atoms with van der Waals surface area (Å²) in [7, 11) is 0. The third kappa shape index (κ3) is 4.73. The van der Waals surface area contributed by atoms with Crippen molar-refractivity contribution in [3.63, 3.8) is 0 Å². The summed E-state index contributed by atoms with van der Waals surface area (Å²) < 4.78 is 2.12. The minimum Gasteiger partial charge on any atom is -0.351 e. The first-order chi connectivity index (χ1) is 13.9. The molecule has 3 rings (SSSR count). The number of non-ortho nitro benzene ring substituents is 1. The maximum absolute atomic E-state index is 12.5. The lowest BCUT2D eigenvalue weighted by atomic mass is 10.2. The van der Waals surface area contributed by atoms with E-state index >= 15 is 0 Å². The Morgan fingerprint density at radius 1 is 1.38 bits per heavy atom. The van der Waals surface area contributed by atoms with Crippen LogP contribution in [-0.4, -0.2) is 48.6 Å². The van der Waals surface area contributed by atoms with Crippen molar-refractivity contribution in [3.05, 3.63) is 39.8 Å². The van der Waals surface area contributed by atoms with Gasteiger partial charge in [-0.25, -0.2) is 0 Å². The first-order valence-corrected chi connectivity index (χ1v) is 10.5. The van der Waals surface area contributed by atoms with E-state index in [9.17, 15) is 14.9 Å². The number of aromatic nitrogens is 5. The summed E-state index contributed by atoms with van der Waals surface area (Å²) >= 11 is 1.56. The number of fused-ring (bicyclic) bond motifs is 1. The fourth-order valence-electron chi connectivity index (χ4n) is 3.02. The fraction of sp³-hybridized carbons (Fsp3) is 0.444. The number of nitro groups is 1. The number of nitrogens with zero attached hydrogens (tertiary/aromatic N) is 5. The molecule has 3 aromatic rings. The molecule has 0 aliphatic heterocycles. The molecule has 0 aliphatic carbocycles. The van der Waals surface area contributed by atoms with E-state index in [4.69, 9.17) is 0 Å². The van der Waals surface area contributed by atoms with Crippen LogP contribution in [-0.2, 0) is 13.0 Å². The van der Waals surface area contributed by atoms with Crippen LogP contribution in [0.2, 0.25) is 0 Å². The molecule has 0 saturated heterocycles. The Hall–Kier alpha value is -2.95. The zero-order valence-electron chi connectivity index (χ0n) is 16.5. The third-order valence-corrected chi connectivity index (χ3v) is 5.03. The second kappa shape index (κ2) is 9.03. The molecule has 0 aliphatic rings. The lowest BCUT2D eigenvalue weighted by molar-refractivity contribution is -0.384. The van der Waals surface area contributed by atoms with Gasteiger partial charge in [0.2, 0.25) is 0 Å².